The Hall–Kier alpha value is -1.64. The summed E-state index contributed by atoms with van der Waals surface area (Å²) < 4.78 is 32.5. The second kappa shape index (κ2) is 7.96. The molecule has 0 unspecified atom stereocenters. The van der Waals surface area contributed by atoms with Crippen molar-refractivity contribution in [1.82, 2.24) is 9.62 Å². The SMILES string of the molecule is CNCc1ccccc1NS(=O)(=O)N(C)CCC(=O)OC. The van der Waals surface area contributed by atoms with Gasteiger partial charge >= 0.3 is 16.2 Å². The second-order valence-electron chi connectivity index (χ2n) is 4.44. The number of rotatable bonds is 8. The average Bonchev–Trinajstić information content (AvgIpc) is 2.46. The summed E-state index contributed by atoms with van der Waals surface area (Å²) in [6.45, 7) is 0.598. The van der Waals surface area contributed by atoms with Crippen molar-refractivity contribution >= 4 is 21.9 Å². The van der Waals surface area contributed by atoms with E-state index in [1.54, 1.807) is 19.2 Å². The molecule has 118 valence electrons. The summed E-state index contributed by atoms with van der Waals surface area (Å²) >= 11 is 0. The second-order valence-corrected chi connectivity index (χ2v) is 6.22. The number of ether oxygens (including phenoxy) is 1. The first-order valence-corrected chi connectivity index (χ1v) is 7.88. The van der Waals surface area contributed by atoms with Crippen LogP contribution in [-0.2, 0) is 26.3 Å². The van der Waals surface area contributed by atoms with E-state index in [4.69, 9.17) is 0 Å². The van der Waals surface area contributed by atoms with Crippen LogP contribution >= 0.6 is 0 Å². The van der Waals surface area contributed by atoms with E-state index in [9.17, 15) is 13.2 Å². The Bertz CT molecular complexity index is 575. The summed E-state index contributed by atoms with van der Waals surface area (Å²) in [6, 6.07) is 7.12. The van der Waals surface area contributed by atoms with Crippen molar-refractivity contribution in [2.75, 3.05) is 32.5 Å². The van der Waals surface area contributed by atoms with Crippen molar-refractivity contribution in [2.45, 2.75) is 13.0 Å². The van der Waals surface area contributed by atoms with Gasteiger partial charge in [-0.05, 0) is 18.7 Å². The number of para-hydroxylation sites is 1. The lowest BCUT2D eigenvalue weighted by Crippen LogP contribution is -2.34. The summed E-state index contributed by atoms with van der Waals surface area (Å²) in [6.07, 6.45) is 0.00602. The van der Waals surface area contributed by atoms with E-state index >= 15 is 0 Å². The van der Waals surface area contributed by atoms with Gasteiger partial charge in [0.1, 0.15) is 0 Å². The quantitative estimate of drug-likeness (QED) is 0.684. The molecule has 2 N–H and O–H groups in total. The molecule has 0 heterocycles. The maximum absolute atomic E-state index is 12.2. The van der Waals surface area contributed by atoms with E-state index in [1.807, 2.05) is 12.1 Å². The zero-order chi connectivity index (χ0) is 15.9. The number of hydrogen-bond donors (Lipinski definition) is 2. The molecule has 0 aliphatic rings. The monoisotopic (exact) mass is 315 g/mol. The molecule has 7 nitrogen and oxygen atoms in total. The van der Waals surface area contributed by atoms with Gasteiger partial charge in [0.25, 0.3) is 0 Å². The minimum atomic E-state index is -3.71. The van der Waals surface area contributed by atoms with Crippen LogP contribution in [0, 0.1) is 0 Å². The number of esters is 1. The predicted molar refractivity (Wildman–Crippen MR) is 81.0 cm³/mol. The highest BCUT2D eigenvalue weighted by atomic mass is 32.2. The van der Waals surface area contributed by atoms with Gasteiger partial charge in [0.15, 0.2) is 0 Å². The molecule has 0 aromatic heterocycles. The van der Waals surface area contributed by atoms with Crippen LogP contribution in [0.15, 0.2) is 24.3 Å². The molecular weight excluding hydrogens is 294 g/mol. The third-order valence-corrected chi connectivity index (χ3v) is 4.37. The Kier molecular flexibility index (Phi) is 6.60. The third-order valence-electron chi connectivity index (χ3n) is 2.89. The number of carbonyl (C=O) groups is 1. The van der Waals surface area contributed by atoms with Crippen LogP contribution in [0.3, 0.4) is 0 Å². The first-order chi connectivity index (χ1) is 9.90. The first-order valence-electron chi connectivity index (χ1n) is 6.44. The molecule has 0 saturated heterocycles. The lowest BCUT2D eigenvalue weighted by Gasteiger charge is -2.19. The summed E-state index contributed by atoms with van der Waals surface area (Å²) in [5.41, 5.74) is 1.35. The molecule has 1 aromatic carbocycles. The van der Waals surface area contributed by atoms with E-state index in [-0.39, 0.29) is 13.0 Å². The maximum atomic E-state index is 12.2. The Labute approximate surface area is 125 Å². The van der Waals surface area contributed by atoms with Gasteiger partial charge in [0, 0.05) is 20.1 Å². The maximum Gasteiger partial charge on any atom is 0.306 e. The van der Waals surface area contributed by atoms with Gasteiger partial charge in [-0.2, -0.15) is 12.7 Å². The average molecular weight is 315 g/mol. The highest BCUT2D eigenvalue weighted by Gasteiger charge is 2.19. The fraction of sp³-hybridized carbons (Fsp3) is 0.462. The molecule has 0 amide bonds. The molecule has 0 radical (unpaired) electrons. The zero-order valence-electron chi connectivity index (χ0n) is 12.4. The first kappa shape index (κ1) is 17.4. The number of hydrogen-bond acceptors (Lipinski definition) is 5. The summed E-state index contributed by atoms with van der Waals surface area (Å²) in [4.78, 5) is 11.1. The molecule has 0 bridgehead atoms. The Balaban J connectivity index is 2.78. The van der Waals surface area contributed by atoms with Gasteiger partial charge in [-0.1, -0.05) is 18.2 Å². The molecule has 0 saturated carbocycles. The van der Waals surface area contributed by atoms with Crippen molar-refractivity contribution in [3.05, 3.63) is 29.8 Å². The number of nitrogens with zero attached hydrogens (tertiary/aromatic N) is 1. The lowest BCUT2D eigenvalue weighted by atomic mass is 10.2. The molecule has 0 aliphatic heterocycles. The number of methoxy groups -OCH3 is 1. The number of benzene rings is 1. The topological polar surface area (TPSA) is 87.7 Å². The molecule has 0 atom stereocenters. The van der Waals surface area contributed by atoms with Gasteiger partial charge in [-0.25, -0.2) is 0 Å². The summed E-state index contributed by atoms with van der Waals surface area (Å²) in [7, 11) is 0.751. The van der Waals surface area contributed by atoms with Crippen LogP contribution in [0.4, 0.5) is 5.69 Å². The summed E-state index contributed by atoms with van der Waals surface area (Å²) in [5, 5.41) is 2.98. The van der Waals surface area contributed by atoms with E-state index < -0.39 is 16.2 Å². The van der Waals surface area contributed by atoms with Crippen LogP contribution < -0.4 is 10.0 Å². The van der Waals surface area contributed by atoms with Crippen molar-refractivity contribution in [3.63, 3.8) is 0 Å². The highest BCUT2D eigenvalue weighted by molar-refractivity contribution is 7.90. The van der Waals surface area contributed by atoms with Crippen LogP contribution in [-0.4, -0.2) is 46.4 Å². The van der Waals surface area contributed by atoms with Crippen molar-refractivity contribution in [2.24, 2.45) is 0 Å². The Morgan fingerprint density at radius 3 is 2.62 bits per heavy atom. The van der Waals surface area contributed by atoms with E-state index in [0.29, 0.717) is 12.2 Å². The molecule has 0 fully saturated rings. The smallest absolute Gasteiger partial charge is 0.306 e. The van der Waals surface area contributed by atoms with E-state index in [0.717, 1.165) is 9.87 Å². The number of carbonyl (C=O) groups excluding carboxylic acids is 1. The summed E-state index contributed by atoms with van der Waals surface area (Å²) in [5.74, 6) is -0.451. The van der Waals surface area contributed by atoms with Gasteiger partial charge in [-0.3, -0.25) is 9.52 Å². The molecule has 0 aliphatic carbocycles. The van der Waals surface area contributed by atoms with Gasteiger partial charge < -0.3 is 10.1 Å². The predicted octanol–water partition coefficient (Wildman–Crippen LogP) is 0.558. The molecule has 1 rings (SSSR count). The fourth-order valence-electron chi connectivity index (χ4n) is 1.65. The Morgan fingerprint density at radius 1 is 1.33 bits per heavy atom. The molecular formula is C13H21N3O4S. The highest BCUT2D eigenvalue weighted by Crippen LogP contribution is 2.17. The van der Waals surface area contributed by atoms with Crippen molar-refractivity contribution < 1.29 is 17.9 Å². The van der Waals surface area contributed by atoms with Crippen LogP contribution in [0.1, 0.15) is 12.0 Å². The lowest BCUT2D eigenvalue weighted by molar-refractivity contribution is -0.140. The van der Waals surface area contributed by atoms with Crippen molar-refractivity contribution in [3.8, 4) is 0 Å². The van der Waals surface area contributed by atoms with Crippen LogP contribution in [0.5, 0.6) is 0 Å². The molecule has 21 heavy (non-hydrogen) atoms. The van der Waals surface area contributed by atoms with Gasteiger partial charge in [0.2, 0.25) is 0 Å². The fourth-order valence-corrected chi connectivity index (χ4v) is 2.62. The van der Waals surface area contributed by atoms with Gasteiger partial charge in [-0.15, -0.1) is 0 Å². The normalized spacial score (nSPS) is 11.4. The molecule has 0 spiro atoms. The zero-order valence-corrected chi connectivity index (χ0v) is 13.2. The van der Waals surface area contributed by atoms with Crippen LogP contribution in [0.25, 0.3) is 0 Å². The standard InChI is InChI=1S/C13H21N3O4S/c1-14-10-11-6-4-5-7-12(11)15-21(18,19)16(2)9-8-13(17)20-3/h4-7,14-15H,8-10H2,1-3H3. The van der Waals surface area contributed by atoms with Crippen molar-refractivity contribution in [1.29, 1.82) is 0 Å². The number of nitrogens with one attached hydrogen (secondary N) is 2. The third kappa shape index (κ3) is 5.33. The largest absolute Gasteiger partial charge is 0.469 e. The Morgan fingerprint density at radius 2 is 2.00 bits per heavy atom. The van der Waals surface area contributed by atoms with Crippen LogP contribution in [0.2, 0.25) is 0 Å². The molecule has 1 aromatic rings. The van der Waals surface area contributed by atoms with E-state index in [1.165, 1.54) is 14.2 Å². The van der Waals surface area contributed by atoms with E-state index in [2.05, 4.69) is 14.8 Å². The number of anilines is 1. The minimum absolute atomic E-state index is 0.00602. The molecule has 8 heteroatoms. The minimum Gasteiger partial charge on any atom is -0.469 e. The van der Waals surface area contributed by atoms with Gasteiger partial charge in [0.05, 0.1) is 19.2 Å².